The summed E-state index contributed by atoms with van der Waals surface area (Å²) in [5.74, 6) is 0.710. The lowest BCUT2D eigenvalue weighted by molar-refractivity contribution is 1.18. The van der Waals surface area contributed by atoms with E-state index < -0.39 is 0 Å². The van der Waals surface area contributed by atoms with Crippen LogP contribution in [0, 0.1) is 0 Å². The largest absolute Gasteiger partial charge is 0.236 e. The van der Waals surface area contributed by atoms with Gasteiger partial charge in [0.25, 0.3) is 0 Å². The molecule has 0 atom stereocenters. The molecule has 9 aromatic carbocycles. The monoisotopic (exact) mass is 634 g/mol. The van der Waals surface area contributed by atoms with Gasteiger partial charge in [0.15, 0.2) is 5.82 Å². The van der Waals surface area contributed by atoms with E-state index in [2.05, 4.69) is 152 Å². The molecule has 10 aromatic rings. The van der Waals surface area contributed by atoms with Gasteiger partial charge in [-0.15, -0.1) is 0 Å². The zero-order valence-corrected chi connectivity index (χ0v) is 27.2. The SMILES string of the molecule is c1ccc(-c2cnc(-c3ccc4c(-c5cc6ccccc6c6ccccc56)c5ccccc5c(-c5cccc6ccccc56)c4c3)nc2)cc1. The molecule has 10 rings (SSSR count). The van der Waals surface area contributed by atoms with Crippen LogP contribution in [-0.2, 0) is 0 Å². The van der Waals surface area contributed by atoms with Crippen LogP contribution in [0.5, 0.6) is 0 Å². The highest BCUT2D eigenvalue weighted by Crippen LogP contribution is 2.48. The fraction of sp³-hybridized carbons (Fsp3) is 0. The molecule has 0 aliphatic rings. The van der Waals surface area contributed by atoms with Gasteiger partial charge in [-0.05, 0) is 93.8 Å². The van der Waals surface area contributed by atoms with Gasteiger partial charge >= 0.3 is 0 Å². The molecule has 2 heteroatoms. The molecule has 0 fully saturated rings. The smallest absolute Gasteiger partial charge is 0.159 e. The molecule has 0 N–H and O–H groups in total. The Morgan fingerprint density at radius 2 is 0.840 bits per heavy atom. The molecule has 0 spiro atoms. The van der Waals surface area contributed by atoms with Crippen LogP contribution in [0.25, 0.3) is 98.6 Å². The van der Waals surface area contributed by atoms with Crippen molar-refractivity contribution in [3.63, 3.8) is 0 Å². The molecule has 2 nitrogen and oxygen atoms in total. The Hall–Kier alpha value is -6.64. The number of aromatic nitrogens is 2. The van der Waals surface area contributed by atoms with Crippen LogP contribution in [-0.4, -0.2) is 9.97 Å². The Balaban J connectivity index is 1.32. The van der Waals surface area contributed by atoms with E-state index in [-0.39, 0.29) is 0 Å². The van der Waals surface area contributed by atoms with Crippen molar-refractivity contribution in [2.24, 2.45) is 0 Å². The zero-order chi connectivity index (χ0) is 33.0. The minimum absolute atomic E-state index is 0.710. The fourth-order valence-corrected chi connectivity index (χ4v) is 7.86. The Morgan fingerprint density at radius 3 is 1.60 bits per heavy atom. The first-order valence-electron chi connectivity index (χ1n) is 17.1. The minimum atomic E-state index is 0.710. The van der Waals surface area contributed by atoms with Gasteiger partial charge in [0.2, 0.25) is 0 Å². The molecule has 232 valence electrons. The number of hydrogen-bond acceptors (Lipinski definition) is 2. The second-order valence-electron chi connectivity index (χ2n) is 12.9. The Bertz CT molecular complexity index is 2900. The summed E-state index contributed by atoms with van der Waals surface area (Å²) in [5.41, 5.74) is 8.02. The predicted octanol–water partition coefficient (Wildman–Crippen LogP) is 12.9. The molecule has 1 aromatic heterocycles. The third-order valence-corrected chi connectivity index (χ3v) is 10.1. The molecule has 0 saturated carbocycles. The average molecular weight is 635 g/mol. The lowest BCUT2D eigenvalue weighted by Crippen LogP contribution is -1.95. The van der Waals surface area contributed by atoms with Gasteiger partial charge < -0.3 is 0 Å². The van der Waals surface area contributed by atoms with Crippen LogP contribution in [0.4, 0.5) is 0 Å². The zero-order valence-electron chi connectivity index (χ0n) is 27.2. The quantitative estimate of drug-likeness (QED) is 0.142. The number of rotatable bonds is 4. The summed E-state index contributed by atoms with van der Waals surface area (Å²) in [5, 5.41) is 12.3. The van der Waals surface area contributed by atoms with Crippen molar-refractivity contribution in [1.82, 2.24) is 9.97 Å². The number of fused-ring (bicyclic) bond motifs is 6. The van der Waals surface area contributed by atoms with Crippen molar-refractivity contribution in [3.05, 3.63) is 182 Å². The molecule has 1 heterocycles. The highest BCUT2D eigenvalue weighted by atomic mass is 14.9. The minimum Gasteiger partial charge on any atom is -0.236 e. The van der Waals surface area contributed by atoms with Crippen molar-refractivity contribution in [3.8, 4) is 44.8 Å². The van der Waals surface area contributed by atoms with Crippen molar-refractivity contribution in [1.29, 1.82) is 0 Å². The molecule has 50 heavy (non-hydrogen) atoms. The first kappa shape index (κ1) is 28.4. The normalized spacial score (nSPS) is 11.6. The third kappa shape index (κ3) is 4.50. The lowest BCUT2D eigenvalue weighted by atomic mass is 9.82. The summed E-state index contributed by atoms with van der Waals surface area (Å²) in [4.78, 5) is 9.78. The number of hydrogen-bond donors (Lipinski definition) is 0. The first-order valence-corrected chi connectivity index (χ1v) is 17.1. The van der Waals surface area contributed by atoms with Gasteiger partial charge in [0.05, 0.1) is 0 Å². The van der Waals surface area contributed by atoms with Crippen LogP contribution in [0.1, 0.15) is 0 Å². The van der Waals surface area contributed by atoms with Crippen LogP contribution in [0.2, 0.25) is 0 Å². The number of nitrogens with zero attached hydrogens (tertiary/aromatic N) is 2. The summed E-state index contributed by atoms with van der Waals surface area (Å²) in [6, 6.07) is 61.3. The second-order valence-corrected chi connectivity index (χ2v) is 12.9. The summed E-state index contributed by atoms with van der Waals surface area (Å²) in [6.45, 7) is 0. The van der Waals surface area contributed by atoms with Crippen LogP contribution < -0.4 is 0 Å². The molecule has 0 saturated heterocycles. The maximum atomic E-state index is 4.89. The van der Waals surface area contributed by atoms with Crippen molar-refractivity contribution < 1.29 is 0 Å². The van der Waals surface area contributed by atoms with Crippen molar-refractivity contribution >= 4 is 53.9 Å². The predicted molar refractivity (Wildman–Crippen MR) is 211 cm³/mol. The van der Waals surface area contributed by atoms with Crippen LogP contribution in [0.3, 0.4) is 0 Å². The summed E-state index contributed by atoms with van der Waals surface area (Å²) in [7, 11) is 0. The van der Waals surface area contributed by atoms with E-state index in [1.165, 1.54) is 76.1 Å². The molecule has 0 unspecified atom stereocenters. The van der Waals surface area contributed by atoms with Crippen LogP contribution >= 0.6 is 0 Å². The lowest BCUT2D eigenvalue weighted by Gasteiger charge is -2.21. The van der Waals surface area contributed by atoms with Crippen LogP contribution in [0.15, 0.2) is 182 Å². The van der Waals surface area contributed by atoms with E-state index in [0.717, 1.165) is 16.7 Å². The highest BCUT2D eigenvalue weighted by Gasteiger charge is 2.21. The topological polar surface area (TPSA) is 25.8 Å². The average Bonchev–Trinajstić information content (AvgIpc) is 3.20. The van der Waals surface area contributed by atoms with E-state index in [0.29, 0.717) is 5.82 Å². The Kier molecular flexibility index (Phi) is 6.53. The standard InChI is InChI=1S/C48H30N2/c1-2-13-31(14-3-1)35-29-49-48(50-30-35)34-25-26-43-45(28-34)46(40-24-12-17-32-15-4-6-18-36(32)40)41-22-10-11-23-42(41)47(43)44-27-33-16-5-7-19-37(33)38-20-8-9-21-39(38)44/h1-30H. The van der Waals surface area contributed by atoms with Gasteiger partial charge in [0, 0.05) is 23.5 Å². The van der Waals surface area contributed by atoms with Gasteiger partial charge in [0.1, 0.15) is 0 Å². The van der Waals surface area contributed by atoms with E-state index >= 15 is 0 Å². The molecular formula is C48H30N2. The highest BCUT2D eigenvalue weighted by molar-refractivity contribution is 6.27. The fourth-order valence-electron chi connectivity index (χ4n) is 7.86. The summed E-state index contributed by atoms with van der Waals surface area (Å²) >= 11 is 0. The van der Waals surface area contributed by atoms with Gasteiger partial charge in [-0.3, -0.25) is 0 Å². The molecular weight excluding hydrogens is 605 g/mol. The van der Waals surface area contributed by atoms with Crippen molar-refractivity contribution in [2.75, 3.05) is 0 Å². The van der Waals surface area contributed by atoms with E-state index in [1.54, 1.807) is 0 Å². The van der Waals surface area contributed by atoms with E-state index in [4.69, 9.17) is 9.97 Å². The van der Waals surface area contributed by atoms with Gasteiger partial charge in [-0.1, -0.05) is 158 Å². The molecule has 0 aliphatic carbocycles. The summed E-state index contributed by atoms with van der Waals surface area (Å²) in [6.07, 6.45) is 3.86. The summed E-state index contributed by atoms with van der Waals surface area (Å²) < 4.78 is 0. The van der Waals surface area contributed by atoms with Gasteiger partial charge in [-0.2, -0.15) is 0 Å². The number of benzene rings is 9. The Morgan fingerprint density at radius 1 is 0.280 bits per heavy atom. The van der Waals surface area contributed by atoms with E-state index in [9.17, 15) is 0 Å². The third-order valence-electron chi connectivity index (χ3n) is 10.1. The molecule has 0 bridgehead atoms. The second kappa shape index (κ2) is 11.5. The maximum Gasteiger partial charge on any atom is 0.159 e. The first-order chi connectivity index (χ1) is 24.8. The molecule has 0 radical (unpaired) electrons. The van der Waals surface area contributed by atoms with Gasteiger partial charge in [-0.25, -0.2) is 9.97 Å². The molecule has 0 amide bonds. The Labute approximate surface area is 290 Å². The van der Waals surface area contributed by atoms with Crippen molar-refractivity contribution in [2.45, 2.75) is 0 Å². The maximum absolute atomic E-state index is 4.89. The van der Waals surface area contributed by atoms with E-state index in [1.807, 2.05) is 30.6 Å². The molecule has 0 aliphatic heterocycles.